The van der Waals surface area contributed by atoms with Crippen LogP contribution in [-0.2, 0) is 14.2 Å². The van der Waals surface area contributed by atoms with Crippen LogP contribution in [0.4, 0.5) is 4.79 Å². The Morgan fingerprint density at radius 3 is 2.25 bits per heavy atom. The third kappa shape index (κ3) is 15.9. The number of carbonyl (C=O) groups excluding carboxylic acids is 3. The second-order valence-corrected chi connectivity index (χ2v) is 15.2. The van der Waals surface area contributed by atoms with Gasteiger partial charge in [-0.15, -0.1) is 0 Å². The number of carbonyl (C=O) groups is 3. The summed E-state index contributed by atoms with van der Waals surface area (Å²) >= 11 is 18.0. The van der Waals surface area contributed by atoms with E-state index in [4.69, 9.17) is 45.3 Å². The van der Waals surface area contributed by atoms with Crippen LogP contribution in [0.1, 0.15) is 72.6 Å². The molecule has 2 aromatic rings. The maximum Gasteiger partial charge on any atom is 0.509 e. The van der Waals surface area contributed by atoms with Crippen molar-refractivity contribution in [3.8, 4) is 5.75 Å². The first-order chi connectivity index (χ1) is 23.7. The fourth-order valence-corrected chi connectivity index (χ4v) is 7.44. The van der Waals surface area contributed by atoms with Crippen molar-refractivity contribution in [2.75, 3.05) is 26.2 Å². The van der Waals surface area contributed by atoms with Gasteiger partial charge < -0.3 is 36.6 Å². The summed E-state index contributed by atoms with van der Waals surface area (Å²) in [5.74, 6) is -0.360. The van der Waals surface area contributed by atoms with Crippen LogP contribution in [0.15, 0.2) is 30.9 Å². The van der Waals surface area contributed by atoms with Crippen LogP contribution < -0.4 is 21.1 Å². The zero-order valence-electron chi connectivity index (χ0n) is 29.6. The molecule has 0 radical (unpaired) electrons. The van der Waals surface area contributed by atoms with Gasteiger partial charge in [0.15, 0.2) is 11.4 Å². The molecule has 1 aliphatic carbocycles. The number of imidazole rings is 1. The highest BCUT2D eigenvalue weighted by Gasteiger charge is 2.39. The summed E-state index contributed by atoms with van der Waals surface area (Å²) < 4.78 is 18.8. The van der Waals surface area contributed by atoms with Gasteiger partial charge in [-0.3, -0.25) is 14.2 Å². The number of aromatic nitrogens is 2. The van der Waals surface area contributed by atoms with E-state index < -0.39 is 43.7 Å². The van der Waals surface area contributed by atoms with Crippen LogP contribution >= 0.6 is 42.8 Å². The van der Waals surface area contributed by atoms with Gasteiger partial charge in [-0.2, -0.15) is 4.89 Å². The molecule has 0 aliphatic heterocycles. The first-order valence-electron chi connectivity index (χ1n) is 16.9. The number of rotatable bonds is 16. The predicted octanol–water partition coefficient (Wildman–Crippen LogP) is 4.80. The third-order valence-electron chi connectivity index (χ3n) is 8.34. The van der Waals surface area contributed by atoms with E-state index in [1.807, 2.05) is 20.8 Å². The highest BCUT2D eigenvalue weighted by atomic mass is 35.5. The van der Waals surface area contributed by atoms with Crippen molar-refractivity contribution in [3.05, 3.63) is 45.9 Å². The lowest BCUT2D eigenvalue weighted by atomic mass is 9.85. The molecule has 18 heteroatoms. The highest BCUT2D eigenvalue weighted by Crippen LogP contribution is 2.40. The van der Waals surface area contributed by atoms with E-state index in [9.17, 15) is 28.9 Å². The SMILES string of the molecule is CC(C)[C@H](N)C(=O)N[C@@H](C)C(=O)NC[C@H](O)CC(C1CCCCC1)[P+](=O)O.CCCN(CCOc1c(Cl)cc(Cl)cc1Cl)C(=O)n1ccnc1.O. The zero-order chi connectivity index (χ0) is 37.4. The molecule has 3 amide bonds. The van der Waals surface area contributed by atoms with E-state index in [1.54, 1.807) is 36.4 Å². The van der Waals surface area contributed by atoms with E-state index >= 15 is 0 Å². The van der Waals surface area contributed by atoms with Crippen molar-refractivity contribution in [1.82, 2.24) is 25.1 Å². The molecule has 0 saturated heterocycles. The van der Waals surface area contributed by atoms with Crippen LogP contribution in [0.3, 0.4) is 0 Å². The standard InChI is InChI=1S/C18H34N3O5P.C15H16Cl3N3O2.H2O/c1-11(2)16(19)18(24)21-12(3)17(23)20-10-14(22)9-15(27(25)26)13-7-5-4-6-8-13;1-2-4-20(15(22)21-5-3-19-10-21)6-7-23-14-12(17)8-11(16)9-13(14)18;/h11-16,22H,4-10,19H2,1-3H3,(H2-,20,21,23,24,25,26);3,5,8-10H,2,4,6-7H2,1H3;1H2/p+1/t12-,14+,15?,16-;;/m0../s1. The van der Waals surface area contributed by atoms with Crippen molar-refractivity contribution >= 4 is 60.7 Å². The molecule has 1 fully saturated rings. The summed E-state index contributed by atoms with van der Waals surface area (Å²) in [6.07, 6.45) is 9.80. The van der Waals surface area contributed by atoms with Crippen LogP contribution in [0.2, 0.25) is 15.1 Å². The Balaban J connectivity index is 0.000000505. The molecule has 3 rings (SSSR count). The minimum atomic E-state index is -2.38. The minimum absolute atomic E-state index is 0. The monoisotopic (exact) mass is 797 g/mol. The van der Waals surface area contributed by atoms with Gasteiger partial charge >= 0.3 is 14.1 Å². The maximum absolute atomic E-state index is 12.3. The third-order valence-corrected chi connectivity index (χ3v) is 10.3. The normalized spacial score (nSPS) is 15.6. The molecular formula is C33H53Cl3N6O8P+. The Kier molecular flexibility index (Phi) is 21.8. The first-order valence-corrected chi connectivity index (χ1v) is 19.3. The number of halogens is 3. The van der Waals surface area contributed by atoms with Gasteiger partial charge in [-0.1, -0.05) is 74.8 Å². The van der Waals surface area contributed by atoms with Crippen molar-refractivity contribution in [3.63, 3.8) is 0 Å². The number of hydrogen-bond acceptors (Lipinski definition) is 8. The predicted molar refractivity (Wildman–Crippen MR) is 200 cm³/mol. The van der Waals surface area contributed by atoms with Gasteiger partial charge in [0.25, 0.3) is 0 Å². The summed E-state index contributed by atoms with van der Waals surface area (Å²) in [6.45, 7) is 8.44. The van der Waals surface area contributed by atoms with Gasteiger partial charge in [0.1, 0.15) is 19.0 Å². The largest absolute Gasteiger partial charge is 0.509 e. The molecule has 0 bridgehead atoms. The van der Waals surface area contributed by atoms with Gasteiger partial charge in [0.05, 0.1) is 28.7 Å². The number of amides is 3. The molecular weight excluding hydrogens is 746 g/mol. The lowest BCUT2D eigenvalue weighted by molar-refractivity contribution is -0.129. The fourth-order valence-electron chi connectivity index (χ4n) is 5.43. The lowest BCUT2D eigenvalue weighted by Crippen LogP contribution is -2.52. The number of hydrogen-bond donors (Lipinski definition) is 5. The van der Waals surface area contributed by atoms with Crippen molar-refractivity contribution in [2.45, 2.75) is 96.5 Å². The number of aliphatic hydroxyl groups is 1. The summed E-state index contributed by atoms with van der Waals surface area (Å²) in [7, 11) is -2.38. The number of benzene rings is 1. The molecule has 1 saturated carbocycles. The lowest BCUT2D eigenvalue weighted by Gasteiger charge is -2.24. The molecule has 1 aromatic heterocycles. The second kappa shape index (κ2) is 23.9. The molecule has 14 nitrogen and oxygen atoms in total. The summed E-state index contributed by atoms with van der Waals surface area (Å²) in [5, 5.41) is 16.5. The number of nitrogens with one attached hydrogen (secondary N) is 2. The molecule has 288 valence electrons. The van der Waals surface area contributed by atoms with Crippen LogP contribution in [0.25, 0.3) is 0 Å². The quantitative estimate of drug-likeness (QED) is 0.147. The number of aliphatic hydroxyl groups excluding tert-OH is 1. The smallest absolute Gasteiger partial charge is 0.489 e. The van der Waals surface area contributed by atoms with Crippen LogP contribution in [-0.4, -0.2) is 97.9 Å². The van der Waals surface area contributed by atoms with Crippen molar-refractivity contribution in [2.24, 2.45) is 17.6 Å². The molecule has 5 atom stereocenters. The molecule has 0 spiro atoms. The Morgan fingerprint density at radius 1 is 1.10 bits per heavy atom. The minimum Gasteiger partial charge on any atom is -0.489 e. The second-order valence-electron chi connectivity index (χ2n) is 12.7. The Morgan fingerprint density at radius 2 is 1.73 bits per heavy atom. The number of nitrogens with two attached hydrogens (primary N) is 1. The summed E-state index contributed by atoms with van der Waals surface area (Å²) in [4.78, 5) is 51.5. The molecule has 1 aromatic carbocycles. The van der Waals surface area contributed by atoms with Gasteiger partial charge in [0, 0.05) is 42.8 Å². The number of nitrogens with zero attached hydrogens (tertiary/aromatic N) is 3. The first kappa shape index (κ1) is 46.5. The van der Waals surface area contributed by atoms with Gasteiger partial charge in [0.2, 0.25) is 11.8 Å². The average molecular weight is 799 g/mol. The molecule has 1 aliphatic rings. The van der Waals surface area contributed by atoms with E-state index in [0.29, 0.717) is 33.9 Å². The van der Waals surface area contributed by atoms with E-state index in [0.717, 1.165) is 38.5 Å². The maximum atomic E-state index is 12.3. The van der Waals surface area contributed by atoms with E-state index in [2.05, 4.69) is 15.6 Å². The summed E-state index contributed by atoms with van der Waals surface area (Å²) in [6, 6.07) is 1.50. The van der Waals surface area contributed by atoms with E-state index in [1.165, 1.54) is 10.9 Å². The zero-order valence-corrected chi connectivity index (χ0v) is 32.7. The fraction of sp³-hybridized carbons (Fsp3) is 0.636. The van der Waals surface area contributed by atoms with E-state index in [-0.39, 0.29) is 42.9 Å². The molecule has 8 N–H and O–H groups in total. The Labute approximate surface area is 315 Å². The van der Waals surface area contributed by atoms with Gasteiger partial charge in [-0.05, 0) is 48.8 Å². The molecule has 1 heterocycles. The number of ether oxygens (including phenoxy) is 1. The Bertz CT molecular complexity index is 1360. The van der Waals surface area contributed by atoms with Crippen molar-refractivity contribution in [1.29, 1.82) is 0 Å². The van der Waals surface area contributed by atoms with Gasteiger partial charge in [-0.25, -0.2) is 9.78 Å². The molecule has 2 unspecified atom stereocenters. The van der Waals surface area contributed by atoms with Crippen molar-refractivity contribution < 1.29 is 39.2 Å². The summed E-state index contributed by atoms with van der Waals surface area (Å²) in [5.41, 5.74) is 5.30. The topological polar surface area (TPSA) is 221 Å². The average Bonchev–Trinajstić information content (AvgIpc) is 3.62. The molecule has 51 heavy (non-hydrogen) atoms. The highest BCUT2D eigenvalue weighted by molar-refractivity contribution is 7.38. The van der Waals surface area contributed by atoms with Crippen LogP contribution in [0.5, 0.6) is 5.75 Å². The Hall–Kier alpha value is -2.55. The van der Waals surface area contributed by atoms with Crippen LogP contribution in [0, 0.1) is 11.8 Å².